The summed E-state index contributed by atoms with van der Waals surface area (Å²) in [5.74, 6) is -3.25. The van der Waals surface area contributed by atoms with Crippen LogP contribution in [0.15, 0.2) is 30.3 Å². The first-order chi connectivity index (χ1) is 18.5. The number of hydrogen-bond donors (Lipinski definition) is 0. The Balaban J connectivity index is 3.64. The minimum atomic E-state index is -5.36. The van der Waals surface area contributed by atoms with Crippen molar-refractivity contribution >= 4 is 34.9 Å². The van der Waals surface area contributed by atoms with Gasteiger partial charge in [-0.05, 0) is 41.8 Å². The van der Waals surface area contributed by atoms with Crippen LogP contribution in [0.25, 0.3) is 0 Å². The largest absolute Gasteiger partial charge is 0.471 e. The average Bonchev–Trinajstić information content (AvgIpc) is 2.82. The Morgan fingerprint density at radius 3 is 1.88 bits per heavy atom. The summed E-state index contributed by atoms with van der Waals surface area (Å²) in [6, 6.07) is 7.02. The fourth-order valence-electron chi connectivity index (χ4n) is 3.53. The Morgan fingerprint density at radius 1 is 0.927 bits per heavy atom. The van der Waals surface area contributed by atoms with E-state index in [1.807, 2.05) is 67.7 Å². The number of nitrogens with zero attached hydrogens (tertiary/aromatic N) is 1. The third-order valence-corrected chi connectivity index (χ3v) is 17.4. The van der Waals surface area contributed by atoms with Gasteiger partial charge in [0, 0.05) is 12.3 Å². The highest BCUT2D eigenvalue weighted by Gasteiger charge is 2.51. The summed E-state index contributed by atoms with van der Waals surface area (Å²) in [5.41, 5.74) is 0.544. The van der Waals surface area contributed by atoms with Gasteiger partial charge in [-0.15, -0.1) is 0 Å². The molecule has 0 unspecified atom stereocenters. The lowest BCUT2D eigenvalue weighted by atomic mass is 9.93. The zero-order valence-electron chi connectivity index (χ0n) is 26.3. The highest BCUT2D eigenvalue weighted by atomic mass is 28.4. The summed E-state index contributed by atoms with van der Waals surface area (Å²) < 4.78 is 60.0. The number of benzene rings is 1. The minimum absolute atomic E-state index is 0.119. The number of hydrogen-bond acceptors (Lipinski definition) is 6. The van der Waals surface area contributed by atoms with E-state index in [2.05, 4.69) is 0 Å². The third-order valence-electron chi connectivity index (χ3n) is 8.39. The second kappa shape index (κ2) is 14.0. The van der Waals surface area contributed by atoms with Gasteiger partial charge in [-0.25, -0.2) is 9.69 Å². The van der Waals surface area contributed by atoms with Crippen LogP contribution in [0.2, 0.25) is 36.3 Å². The molecule has 0 aliphatic rings. The summed E-state index contributed by atoms with van der Waals surface area (Å²) in [5, 5.41) is -0.565. The van der Waals surface area contributed by atoms with Gasteiger partial charge in [0.2, 0.25) is 0 Å². The average molecular weight is 620 g/mol. The highest BCUT2D eigenvalue weighted by molar-refractivity contribution is 6.74. The molecule has 0 aliphatic heterocycles. The van der Waals surface area contributed by atoms with Crippen LogP contribution in [0, 0.1) is 5.92 Å². The van der Waals surface area contributed by atoms with E-state index in [1.54, 1.807) is 37.3 Å². The van der Waals surface area contributed by atoms with Gasteiger partial charge in [0.25, 0.3) is 0 Å². The SMILES string of the molecule is C[C@@H]([C@H](CC=O)O[Si](C)(C)C(C)(C)C)[C@@H](CO[Si](C)(C)C(C)(C)C)N(C(=O)OCc1ccccc1)C(=O)C(F)(F)F. The highest BCUT2D eigenvalue weighted by Crippen LogP contribution is 2.40. The third kappa shape index (κ3) is 10.3. The zero-order chi connectivity index (χ0) is 32.0. The normalized spacial score (nSPS) is 15.6. The molecular formula is C29H48F3NO6Si2. The number of alkyl halides is 3. The number of amides is 2. The number of aldehydes is 1. The Hall–Kier alpha value is -2.03. The van der Waals surface area contributed by atoms with Gasteiger partial charge in [0.05, 0.1) is 18.8 Å². The Labute approximate surface area is 245 Å². The molecule has 0 N–H and O–H groups in total. The molecule has 0 radical (unpaired) electrons. The molecule has 0 spiro atoms. The topological polar surface area (TPSA) is 82.1 Å². The molecule has 41 heavy (non-hydrogen) atoms. The van der Waals surface area contributed by atoms with Crippen LogP contribution in [0.4, 0.5) is 18.0 Å². The maximum absolute atomic E-state index is 14.0. The monoisotopic (exact) mass is 619 g/mol. The first kappa shape index (κ1) is 37.0. The predicted molar refractivity (Wildman–Crippen MR) is 158 cm³/mol. The molecular weight excluding hydrogens is 571 g/mol. The number of carbonyl (C=O) groups is 3. The number of carbonyl (C=O) groups excluding carboxylic acids is 3. The van der Waals surface area contributed by atoms with Crippen molar-refractivity contribution < 1.29 is 41.1 Å². The van der Waals surface area contributed by atoms with Crippen molar-refractivity contribution in [3.63, 3.8) is 0 Å². The van der Waals surface area contributed by atoms with Gasteiger partial charge in [-0.1, -0.05) is 78.8 Å². The summed E-state index contributed by atoms with van der Waals surface area (Å²) in [4.78, 5) is 38.1. The molecule has 12 heteroatoms. The van der Waals surface area contributed by atoms with E-state index >= 15 is 0 Å². The fourth-order valence-corrected chi connectivity index (χ4v) is 5.98. The van der Waals surface area contributed by atoms with E-state index in [1.165, 1.54) is 0 Å². The van der Waals surface area contributed by atoms with Gasteiger partial charge in [-0.3, -0.25) is 4.79 Å². The van der Waals surface area contributed by atoms with Gasteiger partial charge in [-0.2, -0.15) is 13.2 Å². The van der Waals surface area contributed by atoms with Crippen LogP contribution >= 0.6 is 0 Å². The van der Waals surface area contributed by atoms with Gasteiger partial charge in [0.15, 0.2) is 16.6 Å². The maximum atomic E-state index is 14.0. The first-order valence-corrected chi connectivity index (χ1v) is 19.6. The molecule has 1 rings (SSSR count). The molecule has 0 fully saturated rings. The predicted octanol–water partition coefficient (Wildman–Crippen LogP) is 7.72. The minimum Gasteiger partial charge on any atom is -0.444 e. The first-order valence-electron chi connectivity index (χ1n) is 13.8. The molecule has 234 valence electrons. The van der Waals surface area contributed by atoms with Crippen molar-refractivity contribution in [2.24, 2.45) is 5.92 Å². The second-order valence-corrected chi connectivity index (χ2v) is 23.1. The molecule has 0 saturated heterocycles. The van der Waals surface area contributed by atoms with Crippen molar-refractivity contribution in [3.05, 3.63) is 35.9 Å². The van der Waals surface area contributed by atoms with E-state index in [-0.39, 0.29) is 34.6 Å². The maximum Gasteiger partial charge on any atom is 0.471 e. The molecule has 1 aromatic carbocycles. The summed E-state index contributed by atoms with van der Waals surface area (Å²) in [7, 11) is -5.07. The molecule has 0 aromatic heterocycles. The smallest absolute Gasteiger partial charge is 0.444 e. The molecule has 1 aromatic rings. The quantitative estimate of drug-likeness (QED) is 0.176. The van der Waals surface area contributed by atoms with Gasteiger partial charge in [0.1, 0.15) is 12.9 Å². The van der Waals surface area contributed by atoms with E-state index in [0.29, 0.717) is 11.8 Å². The number of ether oxygens (including phenoxy) is 1. The van der Waals surface area contributed by atoms with E-state index < -0.39 is 52.9 Å². The number of halogens is 3. The molecule has 2 amide bonds. The molecule has 0 saturated carbocycles. The Bertz CT molecular complexity index is 1020. The van der Waals surface area contributed by atoms with Crippen molar-refractivity contribution in [2.45, 2.75) is 116 Å². The van der Waals surface area contributed by atoms with Crippen LogP contribution in [-0.4, -0.2) is 64.8 Å². The van der Waals surface area contributed by atoms with Crippen LogP contribution < -0.4 is 0 Å². The summed E-state index contributed by atoms with van der Waals surface area (Å²) >= 11 is 0. The lowest BCUT2D eigenvalue weighted by Gasteiger charge is -2.44. The zero-order valence-corrected chi connectivity index (χ0v) is 28.3. The van der Waals surface area contributed by atoms with Gasteiger partial charge >= 0.3 is 18.2 Å². The van der Waals surface area contributed by atoms with Crippen LogP contribution in [-0.2, 0) is 29.8 Å². The Kier molecular flexibility index (Phi) is 12.6. The van der Waals surface area contributed by atoms with E-state index in [0.717, 1.165) is 0 Å². The van der Waals surface area contributed by atoms with Gasteiger partial charge < -0.3 is 18.4 Å². The molecule has 0 heterocycles. The van der Waals surface area contributed by atoms with Crippen molar-refractivity contribution in [2.75, 3.05) is 6.61 Å². The van der Waals surface area contributed by atoms with Crippen molar-refractivity contribution in [1.82, 2.24) is 4.90 Å². The molecule has 3 atom stereocenters. The molecule has 0 bridgehead atoms. The summed E-state index contributed by atoms with van der Waals surface area (Å²) in [6.45, 7) is 20.6. The number of rotatable bonds is 12. The van der Waals surface area contributed by atoms with E-state index in [9.17, 15) is 27.6 Å². The standard InChI is InChI=1S/C29H48F3NO6Si2/c1-21(24(17-18-34)39-41(10,11)28(5,6)7)23(20-38-40(8,9)27(2,3)4)33(25(35)29(30,31)32)26(36)37-19-22-15-13-12-14-16-22/h12-16,18,21,23-24H,17,19-20H2,1-11H3/t21-,23-,24+/m1/s1. The number of imide groups is 1. The van der Waals surface area contributed by atoms with Crippen LogP contribution in [0.5, 0.6) is 0 Å². The lowest BCUT2D eigenvalue weighted by molar-refractivity contribution is -0.187. The fraction of sp³-hybridized carbons (Fsp3) is 0.690. The van der Waals surface area contributed by atoms with Crippen LogP contribution in [0.3, 0.4) is 0 Å². The van der Waals surface area contributed by atoms with Crippen molar-refractivity contribution in [3.8, 4) is 0 Å². The molecule has 7 nitrogen and oxygen atoms in total. The van der Waals surface area contributed by atoms with Crippen LogP contribution in [0.1, 0.15) is 60.5 Å². The lowest BCUT2D eigenvalue weighted by Crippen LogP contribution is -2.58. The van der Waals surface area contributed by atoms with E-state index in [4.69, 9.17) is 13.6 Å². The Morgan fingerprint density at radius 2 is 1.44 bits per heavy atom. The van der Waals surface area contributed by atoms with Crippen molar-refractivity contribution in [1.29, 1.82) is 0 Å². The molecule has 0 aliphatic carbocycles. The second-order valence-electron chi connectivity index (χ2n) is 13.5. The summed E-state index contributed by atoms with van der Waals surface area (Å²) in [6.07, 6.45) is -7.15.